The van der Waals surface area contributed by atoms with Gasteiger partial charge in [0.1, 0.15) is 0 Å². The largest absolute Gasteiger partial charge is 0.388 e. The Morgan fingerprint density at radius 2 is 2.00 bits per heavy atom. The third-order valence-electron chi connectivity index (χ3n) is 2.79. The molecule has 1 rings (SSSR count). The predicted octanol–water partition coefficient (Wildman–Crippen LogP) is 1.80. The second kappa shape index (κ2) is 3.24. The molecule has 0 aromatic carbocycles. The summed E-state index contributed by atoms with van der Waals surface area (Å²) in [6.07, 6.45) is 2.53. The molecule has 0 aliphatic heterocycles. The molecule has 0 aromatic heterocycles. The van der Waals surface area contributed by atoms with Gasteiger partial charge in [0.05, 0.1) is 11.9 Å². The second-order valence-electron chi connectivity index (χ2n) is 3.75. The molecule has 0 heterocycles. The Bertz CT molecular complexity index is 159. The maximum absolute atomic E-state index is 5.53. The van der Waals surface area contributed by atoms with E-state index in [2.05, 4.69) is 18.8 Å². The van der Waals surface area contributed by atoms with Crippen LogP contribution >= 0.6 is 0 Å². The molecule has 2 N–H and O–H groups in total. The summed E-state index contributed by atoms with van der Waals surface area (Å²) in [5.74, 6) is 2.27. The van der Waals surface area contributed by atoms with Crippen LogP contribution in [0.3, 0.4) is 0 Å². The van der Waals surface area contributed by atoms with E-state index in [9.17, 15) is 0 Å². The van der Waals surface area contributed by atoms with Gasteiger partial charge in [-0.3, -0.25) is 4.99 Å². The lowest BCUT2D eigenvalue weighted by Crippen LogP contribution is -2.17. The summed E-state index contributed by atoms with van der Waals surface area (Å²) in [5.41, 5.74) is 5.53. The van der Waals surface area contributed by atoms with Crippen molar-refractivity contribution in [3.05, 3.63) is 0 Å². The molecule has 0 saturated heterocycles. The van der Waals surface area contributed by atoms with Crippen molar-refractivity contribution < 1.29 is 0 Å². The van der Waals surface area contributed by atoms with Crippen LogP contribution in [0.25, 0.3) is 0 Å². The van der Waals surface area contributed by atoms with Gasteiger partial charge in [0.25, 0.3) is 0 Å². The van der Waals surface area contributed by atoms with E-state index in [1.165, 1.54) is 12.8 Å². The lowest BCUT2D eigenvalue weighted by Gasteiger charge is -2.13. The first-order valence-electron chi connectivity index (χ1n) is 4.41. The lowest BCUT2D eigenvalue weighted by molar-refractivity contribution is 0.423. The molecule has 11 heavy (non-hydrogen) atoms. The molecular weight excluding hydrogens is 136 g/mol. The van der Waals surface area contributed by atoms with Gasteiger partial charge in [-0.05, 0) is 31.6 Å². The Labute approximate surface area is 68.9 Å². The highest BCUT2D eigenvalue weighted by Crippen LogP contribution is 2.33. The predicted molar refractivity (Wildman–Crippen MR) is 48.6 cm³/mol. The fraction of sp³-hybridized carbons (Fsp3) is 0.889. The second-order valence-corrected chi connectivity index (χ2v) is 3.75. The summed E-state index contributed by atoms with van der Waals surface area (Å²) >= 11 is 0. The van der Waals surface area contributed by atoms with Crippen LogP contribution in [0.2, 0.25) is 0 Å². The van der Waals surface area contributed by atoms with Gasteiger partial charge in [-0.2, -0.15) is 0 Å². The van der Waals surface area contributed by atoms with Crippen molar-refractivity contribution in [3.8, 4) is 0 Å². The van der Waals surface area contributed by atoms with Crippen LogP contribution in [0.1, 0.15) is 33.6 Å². The quantitative estimate of drug-likeness (QED) is 0.454. The zero-order valence-corrected chi connectivity index (χ0v) is 7.67. The van der Waals surface area contributed by atoms with Crippen LogP contribution in [0, 0.1) is 11.8 Å². The van der Waals surface area contributed by atoms with Crippen molar-refractivity contribution in [3.63, 3.8) is 0 Å². The van der Waals surface area contributed by atoms with Crippen molar-refractivity contribution in [2.45, 2.75) is 39.7 Å². The van der Waals surface area contributed by atoms with E-state index in [1.54, 1.807) is 0 Å². The van der Waals surface area contributed by atoms with E-state index >= 15 is 0 Å². The monoisotopic (exact) mass is 154 g/mol. The highest BCUT2D eigenvalue weighted by molar-refractivity contribution is 5.77. The van der Waals surface area contributed by atoms with E-state index in [-0.39, 0.29) is 0 Å². The maximum Gasteiger partial charge on any atom is 0.0909 e. The summed E-state index contributed by atoms with van der Waals surface area (Å²) in [4.78, 5) is 4.40. The molecule has 3 unspecified atom stereocenters. The molecular formula is C9H18N2. The first-order valence-corrected chi connectivity index (χ1v) is 4.41. The summed E-state index contributed by atoms with van der Waals surface area (Å²) in [7, 11) is 0. The van der Waals surface area contributed by atoms with Gasteiger partial charge in [0.15, 0.2) is 0 Å². The molecule has 2 nitrogen and oxygen atoms in total. The number of nitrogens with zero attached hydrogens (tertiary/aromatic N) is 1. The van der Waals surface area contributed by atoms with Crippen molar-refractivity contribution in [1.29, 1.82) is 0 Å². The molecule has 64 valence electrons. The SMILES string of the molecule is CC(N)=NC1CCC(C)C1C. The Kier molecular flexibility index (Phi) is 2.53. The van der Waals surface area contributed by atoms with Crippen LogP contribution in [-0.2, 0) is 0 Å². The van der Waals surface area contributed by atoms with E-state index in [4.69, 9.17) is 5.73 Å². The average molecular weight is 154 g/mol. The van der Waals surface area contributed by atoms with Gasteiger partial charge in [0, 0.05) is 0 Å². The number of amidine groups is 1. The minimum Gasteiger partial charge on any atom is -0.388 e. The van der Waals surface area contributed by atoms with Gasteiger partial charge in [-0.15, -0.1) is 0 Å². The Morgan fingerprint density at radius 1 is 1.36 bits per heavy atom. The van der Waals surface area contributed by atoms with Gasteiger partial charge in [-0.25, -0.2) is 0 Å². The third-order valence-corrected chi connectivity index (χ3v) is 2.79. The first-order chi connectivity index (χ1) is 5.11. The molecule has 0 aromatic rings. The number of hydrogen-bond acceptors (Lipinski definition) is 1. The third kappa shape index (κ3) is 1.95. The van der Waals surface area contributed by atoms with Crippen LogP contribution in [-0.4, -0.2) is 11.9 Å². The van der Waals surface area contributed by atoms with Gasteiger partial charge < -0.3 is 5.73 Å². The number of hydrogen-bond donors (Lipinski definition) is 1. The van der Waals surface area contributed by atoms with Crippen molar-refractivity contribution in [2.75, 3.05) is 0 Å². The van der Waals surface area contributed by atoms with Crippen LogP contribution in [0.15, 0.2) is 4.99 Å². The maximum atomic E-state index is 5.53. The zero-order chi connectivity index (χ0) is 8.43. The summed E-state index contributed by atoms with van der Waals surface area (Å²) < 4.78 is 0. The number of aliphatic imine (C=N–C) groups is 1. The van der Waals surface area contributed by atoms with Gasteiger partial charge in [0.2, 0.25) is 0 Å². The zero-order valence-electron chi connectivity index (χ0n) is 7.67. The van der Waals surface area contributed by atoms with Gasteiger partial charge in [-0.1, -0.05) is 13.8 Å². The van der Waals surface area contributed by atoms with Crippen LogP contribution < -0.4 is 5.73 Å². The van der Waals surface area contributed by atoms with Crippen LogP contribution in [0.5, 0.6) is 0 Å². The minimum atomic E-state index is 0.495. The van der Waals surface area contributed by atoms with E-state index in [0.717, 1.165) is 11.8 Å². The Hall–Kier alpha value is -0.530. The first kappa shape index (κ1) is 8.57. The molecule has 1 fully saturated rings. The molecule has 1 aliphatic rings. The highest BCUT2D eigenvalue weighted by Gasteiger charge is 2.28. The summed E-state index contributed by atoms with van der Waals surface area (Å²) in [6.45, 7) is 6.44. The standard InChI is InChI=1S/C9H18N2/c1-6-4-5-9(7(6)2)11-8(3)10/h6-7,9H,4-5H2,1-3H3,(H2,10,11). The molecule has 0 bridgehead atoms. The fourth-order valence-electron chi connectivity index (χ4n) is 1.78. The normalized spacial score (nSPS) is 39.5. The minimum absolute atomic E-state index is 0.495. The average Bonchev–Trinajstić information content (AvgIpc) is 2.18. The Morgan fingerprint density at radius 3 is 2.36 bits per heavy atom. The Balaban J connectivity index is 2.55. The smallest absolute Gasteiger partial charge is 0.0909 e. The number of rotatable bonds is 1. The number of nitrogens with two attached hydrogens (primary N) is 1. The van der Waals surface area contributed by atoms with Crippen molar-refractivity contribution in [1.82, 2.24) is 0 Å². The topological polar surface area (TPSA) is 38.4 Å². The van der Waals surface area contributed by atoms with E-state index in [1.807, 2.05) is 6.92 Å². The summed E-state index contributed by atoms with van der Waals surface area (Å²) in [5, 5.41) is 0. The van der Waals surface area contributed by atoms with Crippen LogP contribution in [0.4, 0.5) is 0 Å². The molecule has 2 heteroatoms. The van der Waals surface area contributed by atoms with E-state index < -0.39 is 0 Å². The molecule has 0 radical (unpaired) electrons. The fourth-order valence-corrected chi connectivity index (χ4v) is 1.78. The molecule has 1 aliphatic carbocycles. The summed E-state index contributed by atoms with van der Waals surface area (Å²) in [6, 6.07) is 0.495. The van der Waals surface area contributed by atoms with Gasteiger partial charge >= 0.3 is 0 Å². The molecule has 3 atom stereocenters. The van der Waals surface area contributed by atoms with E-state index in [0.29, 0.717) is 12.0 Å². The highest BCUT2D eigenvalue weighted by atomic mass is 14.9. The molecule has 0 amide bonds. The molecule has 0 spiro atoms. The molecule has 1 saturated carbocycles. The lowest BCUT2D eigenvalue weighted by atomic mass is 9.98. The van der Waals surface area contributed by atoms with Crippen molar-refractivity contribution in [2.24, 2.45) is 22.6 Å². The van der Waals surface area contributed by atoms with Crippen molar-refractivity contribution >= 4 is 5.84 Å².